The molecule has 0 amide bonds. The van der Waals surface area contributed by atoms with Crippen molar-refractivity contribution in [2.75, 3.05) is 6.61 Å². The van der Waals surface area contributed by atoms with Gasteiger partial charge in [0.2, 0.25) is 0 Å². The standard InChI is InChI=1S/C15H15NO2/c1-2-18-15(17)13-9-12(13)14-11-6-4-3-5-10(11)7-8-16-14/h3-8,12-13H,2,9H2,1H3/t12-,13-/m1/s1. The molecule has 1 saturated carbocycles. The van der Waals surface area contributed by atoms with E-state index in [0.29, 0.717) is 6.61 Å². The summed E-state index contributed by atoms with van der Waals surface area (Å²) in [5.74, 6) is 0.149. The number of carbonyl (C=O) groups is 1. The monoisotopic (exact) mass is 241 g/mol. The Morgan fingerprint density at radius 3 is 3.06 bits per heavy atom. The third-order valence-corrected chi connectivity index (χ3v) is 3.44. The first kappa shape index (κ1) is 11.2. The first-order valence-corrected chi connectivity index (χ1v) is 6.31. The lowest BCUT2D eigenvalue weighted by atomic mass is 10.1. The van der Waals surface area contributed by atoms with Crippen molar-refractivity contribution >= 4 is 16.7 Å². The molecule has 1 aromatic carbocycles. The summed E-state index contributed by atoms with van der Waals surface area (Å²) in [5, 5.41) is 2.33. The number of hydrogen-bond donors (Lipinski definition) is 0. The van der Waals surface area contributed by atoms with E-state index in [2.05, 4.69) is 17.1 Å². The van der Waals surface area contributed by atoms with Crippen molar-refractivity contribution in [1.29, 1.82) is 0 Å². The van der Waals surface area contributed by atoms with Crippen LogP contribution in [0.25, 0.3) is 10.8 Å². The van der Waals surface area contributed by atoms with Crippen LogP contribution in [0.1, 0.15) is 25.0 Å². The van der Waals surface area contributed by atoms with E-state index in [1.165, 1.54) is 5.39 Å². The Kier molecular flexibility index (Phi) is 2.74. The Morgan fingerprint density at radius 2 is 2.22 bits per heavy atom. The maximum atomic E-state index is 11.7. The first-order chi connectivity index (χ1) is 8.81. The summed E-state index contributed by atoms with van der Waals surface area (Å²) >= 11 is 0. The Bertz CT molecular complexity index is 589. The minimum atomic E-state index is -0.0859. The molecular formula is C15H15NO2. The van der Waals surface area contributed by atoms with E-state index < -0.39 is 0 Å². The predicted octanol–water partition coefficient (Wildman–Crippen LogP) is 2.90. The van der Waals surface area contributed by atoms with E-state index in [-0.39, 0.29) is 17.8 Å². The largest absolute Gasteiger partial charge is 0.466 e. The second-order valence-corrected chi connectivity index (χ2v) is 4.62. The van der Waals surface area contributed by atoms with Crippen molar-refractivity contribution in [3.63, 3.8) is 0 Å². The van der Waals surface area contributed by atoms with Gasteiger partial charge in [-0.3, -0.25) is 9.78 Å². The molecule has 0 aliphatic heterocycles. The molecule has 92 valence electrons. The maximum Gasteiger partial charge on any atom is 0.309 e. The molecule has 1 aliphatic rings. The quantitative estimate of drug-likeness (QED) is 0.776. The number of benzene rings is 1. The van der Waals surface area contributed by atoms with Crippen LogP contribution in [0.4, 0.5) is 0 Å². The molecule has 3 rings (SSSR count). The molecule has 2 atom stereocenters. The molecule has 0 radical (unpaired) electrons. The zero-order valence-corrected chi connectivity index (χ0v) is 10.3. The fraction of sp³-hybridized carbons (Fsp3) is 0.333. The van der Waals surface area contributed by atoms with Gasteiger partial charge in [-0.1, -0.05) is 24.3 Å². The molecule has 2 aromatic rings. The van der Waals surface area contributed by atoms with Gasteiger partial charge in [0.05, 0.1) is 18.2 Å². The third kappa shape index (κ3) is 1.86. The highest BCUT2D eigenvalue weighted by Gasteiger charge is 2.46. The number of aromatic nitrogens is 1. The molecular weight excluding hydrogens is 226 g/mol. The van der Waals surface area contributed by atoms with Crippen molar-refractivity contribution in [1.82, 2.24) is 4.98 Å². The summed E-state index contributed by atoms with van der Waals surface area (Å²) in [6.07, 6.45) is 2.68. The fourth-order valence-corrected chi connectivity index (χ4v) is 2.45. The van der Waals surface area contributed by atoms with Crippen molar-refractivity contribution < 1.29 is 9.53 Å². The van der Waals surface area contributed by atoms with E-state index in [4.69, 9.17) is 4.74 Å². The Labute approximate surface area is 106 Å². The summed E-state index contributed by atoms with van der Waals surface area (Å²) in [5.41, 5.74) is 1.03. The molecule has 1 aromatic heterocycles. The Balaban J connectivity index is 1.91. The van der Waals surface area contributed by atoms with Crippen LogP contribution >= 0.6 is 0 Å². The summed E-state index contributed by atoms with van der Waals surface area (Å²) in [6.45, 7) is 2.29. The maximum absolute atomic E-state index is 11.7. The van der Waals surface area contributed by atoms with E-state index >= 15 is 0 Å². The SMILES string of the molecule is CCOC(=O)[C@@H]1C[C@H]1c1nccc2ccccc12. The summed E-state index contributed by atoms with van der Waals surface area (Å²) in [7, 11) is 0. The van der Waals surface area contributed by atoms with Crippen molar-refractivity contribution in [3.05, 3.63) is 42.2 Å². The molecule has 0 unspecified atom stereocenters. The lowest BCUT2D eigenvalue weighted by molar-refractivity contribution is -0.144. The Hall–Kier alpha value is -1.90. The number of pyridine rings is 1. The fourth-order valence-electron chi connectivity index (χ4n) is 2.45. The average molecular weight is 241 g/mol. The van der Waals surface area contributed by atoms with Crippen LogP contribution in [-0.2, 0) is 9.53 Å². The van der Waals surface area contributed by atoms with Gasteiger partial charge in [0.25, 0.3) is 0 Å². The van der Waals surface area contributed by atoms with Crippen molar-refractivity contribution in [2.24, 2.45) is 5.92 Å². The van der Waals surface area contributed by atoms with Crippen LogP contribution in [-0.4, -0.2) is 17.6 Å². The van der Waals surface area contributed by atoms with Crippen LogP contribution in [0.2, 0.25) is 0 Å². The molecule has 3 heteroatoms. The minimum Gasteiger partial charge on any atom is -0.466 e. The highest BCUT2D eigenvalue weighted by molar-refractivity contribution is 5.87. The zero-order chi connectivity index (χ0) is 12.5. The van der Waals surface area contributed by atoms with E-state index in [0.717, 1.165) is 17.5 Å². The van der Waals surface area contributed by atoms with Gasteiger partial charge in [-0.2, -0.15) is 0 Å². The van der Waals surface area contributed by atoms with E-state index in [1.54, 1.807) is 0 Å². The first-order valence-electron chi connectivity index (χ1n) is 6.31. The van der Waals surface area contributed by atoms with Crippen molar-refractivity contribution in [3.8, 4) is 0 Å². The van der Waals surface area contributed by atoms with Gasteiger partial charge in [-0.25, -0.2) is 0 Å². The summed E-state index contributed by atoms with van der Waals surface area (Å²) in [6, 6.07) is 10.2. The number of esters is 1. The van der Waals surface area contributed by atoms with Gasteiger partial charge in [0.15, 0.2) is 0 Å². The molecule has 1 fully saturated rings. The summed E-state index contributed by atoms with van der Waals surface area (Å²) < 4.78 is 5.06. The number of hydrogen-bond acceptors (Lipinski definition) is 3. The lowest BCUT2D eigenvalue weighted by Crippen LogP contribution is -2.07. The van der Waals surface area contributed by atoms with Crippen LogP contribution < -0.4 is 0 Å². The molecule has 18 heavy (non-hydrogen) atoms. The second-order valence-electron chi connectivity index (χ2n) is 4.62. The number of rotatable bonds is 3. The van der Waals surface area contributed by atoms with Gasteiger partial charge in [-0.05, 0) is 24.8 Å². The summed E-state index contributed by atoms with van der Waals surface area (Å²) in [4.78, 5) is 16.1. The average Bonchev–Trinajstić information content (AvgIpc) is 3.18. The van der Waals surface area contributed by atoms with Crippen LogP contribution in [0.15, 0.2) is 36.5 Å². The normalized spacial score (nSPS) is 21.8. The topological polar surface area (TPSA) is 39.2 Å². The predicted molar refractivity (Wildman–Crippen MR) is 69.2 cm³/mol. The minimum absolute atomic E-state index is 0.00301. The molecule has 1 heterocycles. The van der Waals surface area contributed by atoms with Gasteiger partial charge in [-0.15, -0.1) is 0 Å². The van der Waals surface area contributed by atoms with Gasteiger partial charge >= 0.3 is 5.97 Å². The molecule has 0 saturated heterocycles. The van der Waals surface area contributed by atoms with Crippen LogP contribution in [0.3, 0.4) is 0 Å². The number of fused-ring (bicyclic) bond motifs is 1. The highest BCUT2D eigenvalue weighted by atomic mass is 16.5. The van der Waals surface area contributed by atoms with Crippen molar-refractivity contribution in [2.45, 2.75) is 19.3 Å². The third-order valence-electron chi connectivity index (χ3n) is 3.44. The number of nitrogens with zero attached hydrogens (tertiary/aromatic N) is 1. The number of ether oxygens (including phenoxy) is 1. The van der Waals surface area contributed by atoms with E-state index in [1.807, 2.05) is 31.3 Å². The second kappa shape index (κ2) is 4.41. The van der Waals surface area contributed by atoms with E-state index in [9.17, 15) is 4.79 Å². The Morgan fingerprint density at radius 1 is 1.39 bits per heavy atom. The van der Waals surface area contributed by atoms with Crippen LogP contribution in [0.5, 0.6) is 0 Å². The molecule has 0 bridgehead atoms. The van der Waals surface area contributed by atoms with Gasteiger partial charge in [0, 0.05) is 17.5 Å². The van der Waals surface area contributed by atoms with Gasteiger partial charge in [0.1, 0.15) is 0 Å². The number of carbonyl (C=O) groups excluding carboxylic acids is 1. The smallest absolute Gasteiger partial charge is 0.309 e. The molecule has 0 spiro atoms. The molecule has 1 aliphatic carbocycles. The lowest BCUT2D eigenvalue weighted by Gasteiger charge is -2.05. The zero-order valence-electron chi connectivity index (χ0n) is 10.3. The molecule has 3 nitrogen and oxygen atoms in total. The van der Waals surface area contributed by atoms with Gasteiger partial charge < -0.3 is 4.74 Å². The van der Waals surface area contributed by atoms with Crippen LogP contribution in [0, 0.1) is 5.92 Å². The highest BCUT2D eigenvalue weighted by Crippen LogP contribution is 2.49. The molecule has 0 N–H and O–H groups in total.